The molecule has 4 aromatic rings. The van der Waals surface area contributed by atoms with Crippen LogP contribution in [0.3, 0.4) is 0 Å². The fourth-order valence-electron chi connectivity index (χ4n) is 4.56. The molecule has 1 aliphatic rings. The largest absolute Gasteiger partial charge is 0.307 e. The Kier molecular flexibility index (Phi) is 6.54. The molecule has 0 spiro atoms. The predicted octanol–water partition coefficient (Wildman–Crippen LogP) is 5.29. The SMILES string of the molecule is CC1C(=O)N(Cc2ccc3ccccc3c2)c2c(/C=C/C(=O)NS(=O)(=O)c3ccc(F)c(F)c3)cccc21. The first kappa shape index (κ1) is 25.3. The molecule has 0 saturated heterocycles. The number of carbonyl (C=O) groups excluding carboxylic acids is 2. The number of nitrogens with one attached hydrogen (secondary N) is 1. The summed E-state index contributed by atoms with van der Waals surface area (Å²) in [5.74, 6) is -4.00. The smallest absolute Gasteiger partial charge is 0.264 e. The molecule has 0 fully saturated rings. The first-order chi connectivity index (χ1) is 18.1. The van der Waals surface area contributed by atoms with Crippen LogP contribution in [0.4, 0.5) is 14.5 Å². The third kappa shape index (κ3) is 4.80. The van der Waals surface area contributed by atoms with E-state index in [1.54, 1.807) is 17.0 Å². The van der Waals surface area contributed by atoms with Crippen LogP contribution in [0.25, 0.3) is 16.8 Å². The summed E-state index contributed by atoms with van der Waals surface area (Å²) in [4.78, 5) is 26.7. The third-order valence-corrected chi connectivity index (χ3v) is 7.82. The van der Waals surface area contributed by atoms with E-state index >= 15 is 0 Å². The normalized spacial score (nSPS) is 15.3. The van der Waals surface area contributed by atoms with Crippen molar-refractivity contribution in [2.75, 3.05) is 4.90 Å². The Morgan fingerprint density at radius 2 is 1.71 bits per heavy atom. The molecule has 0 bridgehead atoms. The van der Waals surface area contributed by atoms with Gasteiger partial charge in [-0.3, -0.25) is 9.59 Å². The standard InChI is InChI=1S/C29H22F2N2O4S/c1-18-24-8-4-7-21(11-14-27(34)32-38(36,37)23-12-13-25(30)26(31)16-23)28(24)33(29(18)35)17-19-9-10-20-5-2-3-6-22(20)15-19/h2-16,18H,17H2,1H3,(H,32,34)/b14-11+. The summed E-state index contributed by atoms with van der Waals surface area (Å²) in [6, 6.07) is 21.3. The van der Waals surface area contributed by atoms with Gasteiger partial charge < -0.3 is 4.90 Å². The minimum atomic E-state index is -4.42. The van der Waals surface area contributed by atoms with Gasteiger partial charge in [-0.2, -0.15) is 0 Å². The number of anilines is 1. The topological polar surface area (TPSA) is 83.6 Å². The Morgan fingerprint density at radius 3 is 2.47 bits per heavy atom. The lowest BCUT2D eigenvalue weighted by atomic mass is 10.00. The van der Waals surface area contributed by atoms with Crippen LogP contribution in [0.15, 0.2) is 89.8 Å². The number of carbonyl (C=O) groups is 2. The van der Waals surface area contributed by atoms with Crippen LogP contribution >= 0.6 is 0 Å². The molecular formula is C29H22F2N2O4S. The van der Waals surface area contributed by atoms with Gasteiger partial charge in [-0.25, -0.2) is 21.9 Å². The van der Waals surface area contributed by atoms with E-state index in [-0.39, 0.29) is 11.8 Å². The van der Waals surface area contributed by atoms with E-state index in [1.807, 2.05) is 60.2 Å². The third-order valence-electron chi connectivity index (χ3n) is 6.48. The van der Waals surface area contributed by atoms with Crippen molar-refractivity contribution in [3.63, 3.8) is 0 Å². The van der Waals surface area contributed by atoms with Crippen LogP contribution in [0.1, 0.15) is 29.5 Å². The maximum Gasteiger partial charge on any atom is 0.264 e. The highest BCUT2D eigenvalue weighted by Gasteiger charge is 2.35. The highest BCUT2D eigenvalue weighted by atomic mass is 32.2. The second-order valence-corrected chi connectivity index (χ2v) is 10.7. The summed E-state index contributed by atoms with van der Waals surface area (Å²) < 4.78 is 53.3. The number of hydrogen-bond acceptors (Lipinski definition) is 4. The van der Waals surface area contributed by atoms with Crippen LogP contribution in [-0.2, 0) is 26.2 Å². The quantitative estimate of drug-likeness (QED) is 0.342. The number of amides is 2. The lowest BCUT2D eigenvalue weighted by molar-refractivity contribution is -0.119. The van der Waals surface area contributed by atoms with Gasteiger partial charge in [-0.1, -0.05) is 54.6 Å². The van der Waals surface area contributed by atoms with Crippen molar-refractivity contribution in [2.24, 2.45) is 0 Å². The van der Waals surface area contributed by atoms with Crippen molar-refractivity contribution in [3.8, 4) is 0 Å². The van der Waals surface area contributed by atoms with Gasteiger partial charge in [-0.15, -0.1) is 0 Å². The molecular weight excluding hydrogens is 510 g/mol. The van der Waals surface area contributed by atoms with Crippen LogP contribution in [-0.4, -0.2) is 20.2 Å². The first-order valence-electron chi connectivity index (χ1n) is 11.8. The van der Waals surface area contributed by atoms with E-state index in [4.69, 9.17) is 0 Å². The van der Waals surface area contributed by atoms with E-state index in [2.05, 4.69) is 0 Å². The molecule has 0 saturated carbocycles. The zero-order valence-corrected chi connectivity index (χ0v) is 21.0. The number of fused-ring (bicyclic) bond motifs is 2. The molecule has 38 heavy (non-hydrogen) atoms. The van der Waals surface area contributed by atoms with Gasteiger partial charge in [0.05, 0.1) is 23.0 Å². The Labute approximate surface area is 218 Å². The number of rotatable bonds is 6. The number of sulfonamides is 1. The van der Waals surface area contributed by atoms with Gasteiger partial charge in [0.2, 0.25) is 5.91 Å². The lowest BCUT2D eigenvalue weighted by Gasteiger charge is -2.20. The predicted molar refractivity (Wildman–Crippen MR) is 141 cm³/mol. The van der Waals surface area contributed by atoms with E-state index < -0.39 is 32.5 Å². The van der Waals surface area contributed by atoms with Crippen LogP contribution in [0.2, 0.25) is 0 Å². The number of para-hydroxylation sites is 1. The van der Waals surface area contributed by atoms with Crippen LogP contribution in [0.5, 0.6) is 0 Å². The van der Waals surface area contributed by atoms with Gasteiger partial charge in [0, 0.05) is 6.08 Å². The molecule has 1 atom stereocenters. The summed E-state index contributed by atoms with van der Waals surface area (Å²) in [6.45, 7) is 2.14. The number of benzene rings is 4. The van der Waals surface area contributed by atoms with E-state index in [1.165, 1.54) is 6.08 Å². The van der Waals surface area contributed by atoms with Crippen molar-refractivity contribution in [2.45, 2.75) is 24.3 Å². The average molecular weight is 533 g/mol. The van der Waals surface area contributed by atoms with E-state index in [0.717, 1.165) is 34.0 Å². The number of nitrogens with zero attached hydrogens (tertiary/aromatic N) is 1. The molecule has 1 heterocycles. The second-order valence-electron chi connectivity index (χ2n) is 8.99. The maximum atomic E-state index is 13.5. The maximum absolute atomic E-state index is 13.5. The fourth-order valence-corrected chi connectivity index (χ4v) is 5.52. The van der Waals surface area contributed by atoms with E-state index in [0.29, 0.717) is 29.9 Å². The van der Waals surface area contributed by atoms with Crippen LogP contribution < -0.4 is 9.62 Å². The van der Waals surface area contributed by atoms with Crippen molar-refractivity contribution in [1.82, 2.24) is 4.72 Å². The number of halogens is 2. The molecule has 1 aliphatic heterocycles. The monoisotopic (exact) mass is 532 g/mol. The van der Waals surface area contributed by atoms with Gasteiger partial charge in [0.25, 0.3) is 15.9 Å². The molecule has 4 aromatic carbocycles. The average Bonchev–Trinajstić information content (AvgIpc) is 3.14. The molecule has 0 radical (unpaired) electrons. The summed E-state index contributed by atoms with van der Waals surface area (Å²) in [5.41, 5.74) is 2.94. The summed E-state index contributed by atoms with van der Waals surface area (Å²) in [6.07, 6.45) is 2.45. The van der Waals surface area contributed by atoms with Gasteiger partial charge in [0.15, 0.2) is 11.6 Å². The fraction of sp³-hybridized carbons (Fsp3) is 0.103. The Hall–Kier alpha value is -4.37. The van der Waals surface area contributed by atoms with Crippen molar-refractivity contribution in [1.29, 1.82) is 0 Å². The lowest BCUT2D eigenvalue weighted by Crippen LogP contribution is -2.29. The van der Waals surface area contributed by atoms with Crippen LogP contribution in [0, 0.1) is 11.6 Å². The van der Waals surface area contributed by atoms with Crippen molar-refractivity contribution in [3.05, 3.63) is 113 Å². The summed E-state index contributed by atoms with van der Waals surface area (Å²) in [5, 5.41) is 2.14. The van der Waals surface area contributed by atoms with Gasteiger partial charge in [-0.05, 0) is 64.7 Å². The minimum Gasteiger partial charge on any atom is -0.307 e. The van der Waals surface area contributed by atoms with Gasteiger partial charge in [0.1, 0.15) is 0 Å². The minimum absolute atomic E-state index is 0.0839. The molecule has 5 rings (SSSR count). The second kappa shape index (κ2) is 9.83. The zero-order valence-electron chi connectivity index (χ0n) is 20.2. The molecule has 1 unspecified atom stereocenters. The molecule has 6 nitrogen and oxygen atoms in total. The van der Waals surface area contributed by atoms with E-state index in [9.17, 15) is 26.8 Å². The Morgan fingerprint density at radius 1 is 0.947 bits per heavy atom. The molecule has 192 valence electrons. The number of hydrogen-bond donors (Lipinski definition) is 1. The van der Waals surface area contributed by atoms with Gasteiger partial charge >= 0.3 is 0 Å². The molecule has 0 aliphatic carbocycles. The van der Waals surface area contributed by atoms with Crippen molar-refractivity contribution < 1.29 is 26.8 Å². The summed E-state index contributed by atoms with van der Waals surface area (Å²) >= 11 is 0. The molecule has 0 aromatic heterocycles. The Bertz CT molecular complexity index is 1730. The van der Waals surface area contributed by atoms with Crippen molar-refractivity contribution >= 4 is 44.4 Å². The summed E-state index contributed by atoms with van der Waals surface area (Å²) in [7, 11) is -4.42. The molecule has 1 N–H and O–H groups in total. The zero-order chi connectivity index (χ0) is 27.0. The highest BCUT2D eigenvalue weighted by molar-refractivity contribution is 7.90. The molecule has 2 amide bonds. The Balaban J connectivity index is 1.41. The first-order valence-corrected chi connectivity index (χ1v) is 13.2. The molecule has 9 heteroatoms. The highest BCUT2D eigenvalue weighted by Crippen LogP contribution is 2.41.